The fraction of sp³-hybridized carbons (Fsp3) is 0.222. The molecule has 0 aliphatic heterocycles. The predicted molar refractivity (Wildman–Crippen MR) is 94.0 cm³/mol. The van der Waals surface area contributed by atoms with E-state index < -0.39 is 22.8 Å². The van der Waals surface area contributed by atoms with Crippen molar-refractivity contribution in [1.82, 2.24) is 5.32 Å². The van der Waals surface area contributed by atoms with Crippen LogP contribution in [0.2, 0.25) is 0 Å². The number of nitrogens with zero attached hydrogens (tertiary/aromatic N) is 1. The van der Waals surface area contributed by atoms with Crippen molar-refractivity contribution >= 4 is 17.5 Å². The molecule has 3 N–H and O–H groups in total. The molecule has 0 aromatic heterocycles. The fourth-order valence-corrected chi connectivity index (χ4v) is 2.28. The topological polar surface area (TPSA) is 125 Å². The van der Waals surface area contributed by atoms with Crippen LogP contribution in [0.4, 0.5) is 5.69 Å². The van der Waals surface area contributed by atoms with Gasteiger partial charge in [-0.2, -0.15) is 0 Å². The van der Waals surface area contributed by atoms with Gasteiger partial charge in [-0.3, -0.25) is 19.7 Å². The van der Waals surface area contributed by atoms with Crippen molar-refractivity contribution in [2.45, 2.75) is 19.1 Å². The van der Waals surface area contributed by atoms with Gasteiger partial charge in [0.15, 0.2) is 0 Å². The average molecular weight is 357 g/mol. The van der Waals surface area contributed by atoms with Crippen molar-refractivity contribution in [2.75, 3.05) is 6.61 Å². The third kappa shape index (κ3) is 5.99. The second-order valence-electron chi connectivity index (χ2n) is 5.63. The van der Waals surface area contributed by atoms with E-state index in [9.17, 15) is 19.7 Å². The number of hydrogen-bond acceptors (Lipinski definition) is 5. The molecule has 0 saturated heterocycles. The van der Waals surface area contributed by atoms with Gasteiger partial charge in [-0.25, -0.2) is 0 Å². The average Bonchev–Trinajstić information content (AvgIpc) is 2.62. The van der Waals surface area contributed by atoms with Crippen LogP contribution in [0.5, 0.6) is 0 Å². The van der Waals surface area contributed by atoms with Crippen LogP contribution < -0.4 is 11.1 Å². The van der Waals surface area contributed by atoms with Gasteiger partial charge in [-0.05, 0) is 11.1 Å². The van der Waals surface area contributed by atoms with Crippen LogP contribution in [0, 0.1) is 10.1 Å². The second-order valence-corrected chi connectivity index (χ2v) is 5.63. The van der Waals surface area contributed by atoms with E-state index in [0.717, 1.165) is 5.56 Å². The van der Waals surface area contributed by atoms with Crippen LogP contribution in [0.25, 0.3) is 0 Å². The number of hydrogen-bond donors (Lipinski definition) is 2. The van der Waals surface area contributed by atoms with E-state index in [2.05, 4.69) is 5.32 Å². The molecule has 0 aliphatic carbocycles. The zero-order valence-electron chi connectivity index (χ0n) is 14.0. The largest absolute Gasteiger partial charge is 0.368 e. The Kier molecular flexibility index (Phi) is 6.81. The number of nitro benzene ring substituents is 1. The van der Waals surface area contributed by atoms with Gasteiger partial charge in [-0.1, -0.05) is 42.5 Å². The number of rotatable bonds is 9. The second kappa shape index (κ2) is 9.28. The Labute approximate surface area is 150 Å². The number of nitrogens with one attached hydrogen (secondary N) is 1. The summed E-state index contributed by atoms with van der Waals surface area (Å²) in [6, 6.07) is 14.1. The number of benzene rings is 2. The van der Waals surface area contributed by atoms with E-state index in [4.69, 9.17) is 10.5 Å². The Morgan fingerprint density at radius 3 is 2.31 bits per heavy atom. The molecule has 8 nitrogen and oxygen atoms in total. The minimum absolute atomic E-state index is 0.0530. The summed E-state index contributed by atoms with van der Waals surface area (Å²) in [4.78, 5) is 33.7. The van der Waals surface area contributed by atoms with E-state index >= 15 is 0 Å². The Bertz CT molecular complexity index is 762. The molecule has 2 rings (SSSR count). The standard InChI is InChI=1S/C18H19N3O5/c19-18(23)16(10-13-6-8-15(9-7-13)21(24)25)20-17(22)12-26-11-14-4-2-1-3-5-14/h1-9,16H,10-12H2,(H2,19,23)(H,20,22)/t16-/m1/s1. The van der Waals surface area contributed by atoms with Crippen molar-refractivity contribution in [3.63, 3.8) is 0 Å². The molecule has 0 bridgehead atoms. The van der Waals surface area contributed by atoms with E-state index in [1.165, 1.54) is 24.3 Å². The summed E-state index contributed by atoms with van der Waals surface area (Å²) >= 11 is 0. The summed E-state index contributed by atoms with van der Waals surface area (Å²) in [6.45, 7) is 0.0663. The van der Waals surface area contributed by atoms with Crippen LogP contribution >= 0.6 is 0 Å². The lowest BCUT2D eigenvalue weighted by molar-refractivity contribution is -0.384. The molecule has 26 heavy (non-hydrogen) atoms. The van der Waals surface area contributed by atoms with Crippen molar-refractivity contribution < 1.29 is 19.2 Å². The van der Waals surface area contributed by atoms with Crippen molar-refractivity contribution in [3.8, 4) is 0 Å². The van der Waals surface area contributed by atoms with Crippen molar-refractivity contribution in [1.29, 1.82) is 0 Å². The van der Waals surface area contributed by atoms with Gasteiger partial charge < -0.3 is 15.8 Å². The summed E-state index contributed by atoms with van der Waals surface area (Å²) in [5, 5.41) is 13.2. The molecule has 0 spiro atoms. The quantitative estimate of drug-likeness (QED) is 0.517. The highest BCUT2D eigenvalue weighted by molar-refractivity contribution is 5.87. The van der Waals surface area contributed by atoms with Gasteiger partial charge in [0.25, 0.3) is 5.69 Å². The summed E-state index contributed by atoms with van der Waals surface area (Å²) in [5.74, 6) is -1.16. The number of amides is 2. The zero-order chi connectivity index (χ0) is 18.9. The van der Waals surface area contributed by atoms with Gasteiger partial charge >= 0.3 is 0 Å². The molecule has 136 valence electrons. The molecule has 2 aromatic carbocycles. The number of nitrogens with two attached hydrogens (primary N) is 1. The van der Waals surface area contributed by atoms with Crippen LogP contribution in [0.1, 0.15) is 11.1 Å². The zero-order valence-corrected chi connectivity index (χ0v) is 14.0. The summed E-state index contributed by atoms with van der Waals surface area (Å²) in [7, 11) is 0. The van der Waals surface area contributed by atoms with Gasteiger partial charge in [0.05, 0.1) is 11.5 Å². The lowest BCUT2D eigenvalue weighted by Gasteiger charge is -2.15. The van der Waals surface area contributed by atoms with E-state index in [1.807, 2.05) is 30.3 Å². The van der Waals surface area contributed by atoms with E-state index in [1.54, 1.807) is 0 Å². The highest BCUT2D eigenvalue weighted by Gasteiger charge is 2.19. The third-order valence-electron chi connectivity index (χ3n) is 3.61. The van der Waals surface area contributed by atoms with Crippen LogP contribution in [-0.2, 0) is 27.4 Å². The molecule has 0 aliphatic rings. The maximum atomic E-state index is 11.9. The molecular weight excluding hydrogens is 338 g/mol. The number of primary amides is 1. The van der Waals surface area contributed by atoms with Crippen LogP contribution in [0.3, 0.4) is 0 Å². The summed E-state index contributed by atoms with van der Waals surface area (Å²) < 4.78 is 5.32. The van der Waals surface area contributed by atoms with Crippen molar-refractivity contribution in [2.24, 2.45) is 5.73 Å². The predicted octanol–water partition coefficient (Wildman–Crippen LogP) is 1.32. The SMILES string of the molecule is NC(=O)[C@@H](Cc1ccc([N+](=O)[O-])cc1)NC(=O)COCc1ccccc1. The molecule has 0 radical (unpaired) electrons. The Balaban J connectivity index is 1.85. The lowest BCUT2D eigenvalue weighted by atomic mass is 10.1. The first-order valence-electron chi connectivity index (χ1n) is 7.89. The molecule has 8 heteroatoms. The first-order chi connectivity index (χ1) is 12.5. The number of carbonyl (C=O) groups is 2. The smallest absolute Gasteiger partial charge is 0.269 e. The molecule has 0 saturated carbocycles. The van der Waals surface area contributed by atoms with E-state index in [-0.39, 0.29) is 25.3 Å². The van der Waals surface area contributed by atoms with Gasteiger partial charge in [0, 0.05) is 18.6 Å². The monoisotopic (exact) mass is 357 g/mol. The first-order valence-corrected chi connectivity index (χ1v) is 7.89. The summed E-state index contributed by atoms with van der Waals surface area (Å²) in [6.07, 6.45) is 0.137. The minimum Gasteiger partial charge on any atom is -0.368 e. The molecular formula is C18H19N3O5. The number of nitro groups is 1. The highest BCUT2D eigenvalue weighted by Crippen LogP contribution is 2.13. The molecule has 0 heterocycles. The maximum absolute atomic E-state index is 11.9. The summed E-state index contributed by atoms with van der Waals surface area (Å²) in [5.41, 5.74) is 6.85. The third-order valence-corrected chi connectivity index (χ3v) is 3.61. The van der Waals surface area contributed by atoms with Gasteiger partial charge in [-0.15, -0.1) is 0 Å². The highest BCUT2D eigenvalue weighted by atomic mass is 16.6. The Hall–Kier alpha value is -3.26. The van der Waals surface area contributed by atoms with Crippen LogP contribution in [0.15, 0.2) is 54.6 Å². The normalized spacial score (nSPS) is 11.5. The molecule has 1 atom stereocenters. The number of non-ortho nitro benzene ring substituents is 1. The first kappa shape index (κ1) is 19.1. The maximum Gasteiger partial charge on any atom is 0.269 e. The minimum atomic E-state index is -0.927. The van der Waals surface area contributed by atoms with Crippen molar-refractivity contribution in [3.05, 3.63) is 75.8 Å². The molecule has 0 unspecified atom stereocenters. The molecule has 0 fully saturated rings. The lowest BCUT2D eigenvalue weighted by Crippen LogP contribution is -2.47. The molecule has 2 aromatic rings. The fourth-order valence-electron chi connectivity index (χ4n) is 2.28. The number of carbonyl (C=O) groups excluding carboxylic acids is 2. The number of ether oxygens (including phenoxy) is 1. The van der Waals surface area contributed by atoms with E-state index in [0.29, 0.717) is 5.56 Å². The van der Waals surface area contributed by atoms with Gasteiger partial charge in [0.1, 0.15) is 12.6 Å². The molecule has 2 amide bonds. The Morgan fingerprint density at radius 2 is 1.73 bits per heavy atom. The van der Waals surface area contributed by atoms with Crippen LogP contribution in [-0.4, -0.2) is 29.4 Å². The van der Waals surface area contributed by atoms with Gasteiger partial charge in [0.2, 0.25) is 11.8 Å². The Morgan fingerprint density at radius 1 is 1.08 bits per heavy atom.